The normalized spacial score (nSPS) is 15.2. The number of rotatable bonds is 5. The first-order valence-electron chi connectivity index (χ1n) is 10.0. The van der Waals surface area contributed by atoms with E-state index in [4.69, 9.17) is 4.42 Å². The minimum atomic E-state index is -0.468. The Morgan fingerprint density at radius 2 is 1.78 bits per heavy atom. The van der Waals surface area contributed by atoms with Gasteiger partial charge in [-0.05, 0) is 54.6 Å². The van der Waals surface area contributed by atoms with Crippen molar-refractivity contribution in [1.82, 2.24) is 10.2 Å². The molecule has 0 bridgehead atoms. The smallest absolute Gasteiger partial charge is 0.321 e. The second kappa shape index (κ2) is 7.69. The first-order valence-corrected chi connectivity index (χ1v) is 10.0. The van der Waals surface area contributed by atoms with Gasteiger partial charge in [-0.15, -0.1) is 0 Å². The van der Waals surface area contributed by atoms with E-state index in [-0.39, 0.29) is 29.3 Å². The fourth-order valence-corrected chi connectivity index (χ4v) is 3.78. The quantitative estimate of drug-likeness (QED) is 0.605. The highest BCUT2D eigenvalue weighted by molar-refractivity contribution is 6.22. The lowest BCUT2D eigenvalue weighted by Gasteiger charge is -2.14. The van der Waals surface area contributed by atoms with Gasteiger partial charge in [-0.2, -0.15) is 0 Å². The Labute approximate surface area is 182 Å². The summed E-state index contributed by atoms with van der Waals surface area (Å²) in [5, 5.41) is 5.50. The van der Waals surface area contributed by atoms with Crippen LogP contribution in [0.2, 0.25) is 0 Å². The third-order valence-corrected chi connectivity index (χ3v) is 5.42. The van der Waals surface area contributed by atoms with Crippen molar-refractivity contribution >= 4 is 35.1 Å². The minimum Gasteiger partial charge on any atom is -0.467 e. The van der Waals surface area contributed by atoms with Crippen molar-refractivity contribution in [2.45, 2.75) is 6.54 Å². The molecule has 0 saturated carbocycles. The van der Waals surface area contributed by atoms with Crippen LogP contribution >= 0.6 is 0 Å². The predicted molar refractivity (Wildman–Crippen MR) is 114 cm³/mol. The van der Waals surface area contributed by atoms with E-state index in [0.29, 0.717) is 24.5 Å². The fraction of sp³-hybridized carbons (Fsp3) is 0.130. The molecule has 9 nitrogen and oxygen atoms in total. The van der Waals surface area contributed by atoms with Gasteiger partial charge in [0.25, 0.3) is 17.7 Å². The number of nitrogens with one attached hydrogen (secondary N) is 2. The minimum absolute atomic E-state index is 0.0300. The zero-order valence-corrected chi connectivity index (χ0v) is 16.8. The van der Waals surface area contributed by atoms with Crippen LogP contribution in [0.15, 0.2) is 65.3 Å². The van der Waals surface area contributed by atoms with Gasteiger partial charge in [0.2, 0.25) is 0 Å². The van der Waals surface area contributed by atoms with Crippen LogP contribution < -0.4 is 15.5 Å². The lowest BCUT2D eigenvalue weighted by molar-refractivity contribution is 0.0631. The Hall–Kier alpha value is -4.40. The van der Waals surface area contributed by atoms with Gasteiger partial charge in [0.1, 0.15) is 5.76 Å². The highest BCUT2D eigenvalue weighted by Crippen LogP contribution is 2.26. The molecule has 5 rings (SSSR count). The van der Waals surface area contributed by atoms with Crippen LogP contribution in [0.4, 0.5) is 16.2 Å². The first kappa shape index (κ1) is 19.6. The molecule has 3 aromatic rings. The second-order valence-electron chi connectivity index (χ2n) is 7.42. The van der Waals surface area contributed by atoms with Crippen molar-refractivity contribution in [2.75, 3.05) is 23.3 Å². The lowest BCUT2D eigenvalue weighted by Crippen LogP contribution is -2.28. The number of amides is 5. The first-order chi connectivity index (χ1) is 15.5. The van der Waals surface area contributed by atoms with E-state index in [1.165, 1.54) is 24.5 Å². The number of furan rings is 1. The summed E-state index contributed by atoms with van der Waals surface area (Å²) in [6.07, 6.45) is 1.47. The summed E-state index contributed by atoms with van der Waals surface area (Å²) < 4.78 is 5.23. The molecular formula is C23H18N4O5. The monoisotopic (exact) mass is 430 g/mol. The Bertz CT molecular complexity index is 1230. The molecule has 1 saturated heterocycles. The SMILES string of the molecule is O=C(Nc1ccc(N2CCNC2=O)cc1)c1ccc2c(c1)C(=O)N(Cc1ccco1)C2=O. The fourth-order valence-electron chi connectivity index (χ4n) is 3.78. The molecule has 0 radical (unpaired) electrons. The molecule has 0 atom stereocenters. The van der Waals surface area contributed by atoms with E-state index < -0.39 is 17.7 Å². The van der Waals surface area contributed by atoms with Crippen molar-refractivity contribution in [3.63, 3.8) is 0 Å². The molecule has 0 spiro atoms. The van der Waals surface area contributed by atoms with E-state index in [1.807, 2.05) is 0 Å². The van der Waals surface area contributed by atoms with Gasteiger partial charge in [0.05, 0.1) is 23.9 Å². The number of urea groups is 1. The summed E-state index contributed by atoms with van der Waals surface area (Å²) in [7, 11) is 0. The number of anilines is 2. The molecule has 32 heavy (non-hydrogen) atoms. The third kappa shape index (κ3) is 3.39. The molecule has 2 aliphatic rings. The average molecular weight is 430 g/mol. The Morgan fingerprint density at radius 3 is 2.47 bits per heavy atom. The van der Waals surface area contributed by atoms with Crippen LogP contribution in [0.3, 0.4) is 0 Å². The number of imide groups is 1. The molecule has 2 aliphatic heterocycles. The molecule has 2 N–H and O–H groups in total. The van der Waals surface area contributed by atoms with Crippen LogP contribution in [0, 0.1) is 0 Å². The van der Waals surface area contributed by atoms with Crippen LogP contribution in [0.1, 0.15) is 36.8 Å². The highest BCUT2D eigenvalue weighted by Gasteiger charge is 2.36. The van der Waals surface area contributed by atoms with Crippen molar-refractivity contribution in [2.24, 2.45) is 0 Å². The maximum Gasteiger partial charge on any atom is 0.321 e. The van der Waals surface area contributed by atoms with Crippen LogP contribution in [-0.4, -0.2) is 41.7 Å². The van der Waals surface area contributed by atoms with E-state index in [1.54, 1.807) is 41.3 Å². The molecule has 2 aromatic carbocycles. The number of carbonyl (C=O) groups excluding carboxylic acids is 4. The van der Waals surface area contributed by atoms with Crippen molar-refractivity contribution in [3.05, 3.63) is 83.3 Å². The Morgan fingerprint density at radius 1 is 1.00 bits per heavy atom. The van der Waals surface area contributed by atoms with Crippen molar-refractivity contribution < 1.29 is 23.6 Å². The van der Waals surface area contributed by atoms with Crippen LogP contribution in [0.5, 0.6) is 0 Å². The molecule has 160 valence electrons. The van der Waals surface area contributed by atoms with Gasteiger partial charge in [-0.1, -0.05) is 0 Å². The Kier molecular flexibility index (Phi) is 4.70. The summed E-state index contributed by atoms with van der Waals surface area (Å²) in [4.78, 5) is 52.5. The zero-order valence-electron chi connectivity index (χ0n) is 16.8. The zero-order chi connectivity index (χ0) is 22.2. The van der Waals surface area contributed by atoms with E-state index >= 15 is 0 Å². The number of benzene rings is 2. The lowest BCUT2D eigenvalue weighted by atomic mass is 10.1. The second-order valence-corrected chi connectivity index (χ2v) is 7.42. The van der Waals surface area contributed by atoms with Gasteiger partial charge >= 0.3 is 6.03 Å². The summed E-state index contributed by atoms with van der Waals surface area (Å²) in [6.45, 7) is 1.21. The summed E-state index contributed by atoms with van der Waals surface area (Å²) in [6, 6.07) is 14.5. The molecule has 3 heterocycles. The standard InChI is InChI=1S/C23H18N4O5/c28-20(25-15-4-6-16(7-5-15)26-10-9-24-23(26)31)14-3-8-18-19(12-14)22(30)27(21(18)29)13-17-2-1-11-32-17/h1-8,11-12H,9-10,13H2,(H,24,31)(H,25,28). The largest absolute Gasteiger partial charge is 0.467 e. The van der Waals surface area contributed by atoms with Crippen LogP contribution in [0.25, 0.3) is 0 Å². The van der Waals surface area contributed by atoms with Gasteiger partial charge in [0.15, 0.2) is 0 Å². The maximum atomic E-state index is 12.8. The molecule has 1 fully saturated rings. The van der Waals surface area contributed by atoms with E-state index in [9.17, 15) is 19.2 Å². The number of fused-ring (bicyclic) bond motifs is 1. The summed E-state index contributed by atoms with van der Waals surface area (Å²) >= 11 is 0. The third-order valence-electron chi connectivity index (χ3n) is 5.42. The van der Waals surface area contributed by atoms with Crippen molar-refractivity contribution in [3.8, 4) is 0 Å². The van der Waals surface area contributed by atoms with E-state index in [0.717, 1.165) is 10.6 Å². The average Bonchev–Trinajstić information content (AvgIpc) is 3.52. The summed E-state index contributed by atoms with van der Waals surface area (Å²) in [5.74, 6) is -0.810. The number of hydrogen-bond acceptors (Lipinski definition) is 5. The van der Waals surface area contributed by atoms with Gasteiger partial charge < -0.3 is 15.1 Å². The van der Waals surface area contributed by atoms with Crippen LogP contribution in [-0.2, 0) is 6.54 Å². The van der Waals surface area contributed by atoms with Gasteiger partial charge in [0, 0.05) is 30.0 Å². The number of hydrogen-bond donors (Lipinski definition) is 2. The highest BCUT2D eigenvalue weighted by atomic mass is 16.3. The predicted octanol–water partition coefficient (Wildman–Crippen LogP) is 2.86. The van der Waals surface area contributed by atoms with E-state index in [2.05, 4.69) is 10.6 Å². The van der Waals surface area contributed by atoms with Crippen molar-refractivity contribution in [1.29, 1.82) is 0 Å². The molecule has 5 amide bonds. The maximum absolute atomic E-state index is 12.8. The summed E-state index contributed by atoms with van der Waals surface area (Å²) in [5.41, 5.74) is 1.97. The molecular weight excluding hydrogens is 412 g/mol. The molecule has 0 aliphatic carbocycles. The number of nitrogens with zero attached hydrogens (tertiary/aromatic N) is 2. The van der Waals surface area contributed by atoms with Gasteiger partial charge in [-0.3, -0.25) is 24.2 Å². The molecule has 0 unspecified atom stereocenters. The molecule has 1 aromatic heterocycles. The number of carbonyl (C=O) groups is 4. The van der Waals surface area contributed by atoms with Gasteiger partial charge in [-0.25, -0.2) is 4.79 Å². The Balaban J connectivity index is 1.31. The molecule has 9 heteroatoms. The topological polar surface area (TPSA) is 112 Å².